The van der Waals surface area contributed by atoms with Crippen molar-refractivity contribution < 1.29 is 19.1 Å². The second-order valence-corrected chi connectivity index (χ2v) is 13.5. The summed E-state index contributed by atoms with van der Waals surface area (Å²) in [6.07, 6.45) is 11.2. The molecule has 2 N–H and O–H groups in total. The molecule has 5 heteroatoms. The average Bonchev–Trinajstić information content (AvgIpc) is 3.14. The summed E-state index contributed by atoms with van der Waals surface area (Å²) < 4.78 is 5.89. The van der Waals surface area contributed by atoms with Crippen molar-refractivity contribution >= 4 is 17.5 Å². The van der Waals surface area contributed by atoms with Crippen molar-refractivity contribution in [2.75, 3.05) is 0 Å². The molecule has 0 amide bonds. The van der Waals surface area contributed by atoms with E-state index in [0.717, 1.165) is 37.5 Å². The topological polar surface area (TPSA) is 86.5 Å². The third-order valence-corrected chi connectivity index (χ3v) is 11.1. The lowest BCUT2D eigenvalue weighted by Crippen LogP contribution is -2.54. The van der Waals surface area contributed by atoms with Crippen LogP contribution in [-0.4, -0.2) is 29.7 Å². The zero-order valence-electron chi connectivity index (χ0n) is 22.8. The molecule has 0 bridgehead atoms. The fourth-order valence-electron chi connectivity index (χ4n) is 9.29. The van der Waals surface area contributed by atoms with Gasteiger partial charge in [-0.1, -0.05) is 27.7 Å². The summed E-state index contributed by atoms with van der Waals surface area (Å²) in [7, 11) is 0. The Labute approximate surface area is 212 Å². The Morgan fingerprint density at radius 1 is 0.914 bits per heavy atom. The maximum absolute atomic E-state index is 12.5. The minimum absolute atomic E-state index is 0.0148. The summed E-state index contributed by atoms with van der Waals surface area (Å²) in [6, 6.07) is -0.476. The van der Waals surface area contributed by atoms with Crippen LogP contribution in [0.2, 0.25) is 0 Å². The number of ketones is 2. The molecule has 9 atom stereocenters. The van der Waals surface area contributed by atoms with E-state index in [9.17, 15) is 14.4 Å². The second-order valence-electron chi connectivity index (χ2n) is 13.5. The first-order valence-electron chi connectivity index (χ1n) is 14.4. The lowest BCUT2D eigenvalue weighted by Gasteiger charge is -2.61. The quantitative estimate of drug-likeness (QED) is 0.433. The molecular weight excluding hydrogens is 438 g/mol. The molecule has 0 aromatic heterocycles. The number of hydrogen-bond acceptors (Lipinski definition) is 5. The van der Waals surface area contributed by atoms with Gasteiger partial charge >= 0.3 is 5.97 Å². The molecular formula is C30H49NO4. The monoisotopic (exact) mass is 487 g/mol. The minimum Gasteiger partial charge on any atom is -0.462 e. The van der Waals surface area contributed by atoms with Gasteiger partial charge in [0.05, 0.1) is 12.5 Å². The Balaban J connectivity index is 1.31. The van der Waals surface area contributed by atoms with Crippen LogP contribution in [0.25, 0.3) is 0 Å². The molecule has 35 heavy (non-hydrogen) atoms. The van der Waals surface area contributed by atoms with E-state index in [4.69, 9.17) is 10.5 Å². The van der Waals surface area contributed by atoms with Gasteiger partial charge < -0.3 is 10.5 Å². The van der Waals surface area contributed by atoms with E-state index < -0.39 is 6.04 Å². The lowest BCUT2D eigenvalue weighted by atomic mass is 9.44. The molecule has 0 heterocycles. The van der Waals surface area contributed by atoms with E-state index in [1.54, 1.807) is 6.92 Å². The fraction of sp³-hybridized carbons (Fsp3) is 0.900. The molecule has 4 aliphatic carbocycles. The molecule has 0 unspecified atom stereocenters. The van der Waals surface area contributed by atoms with Crippen LogP contribution in [-0.2, 0) is 19.1 Å². The molecule has 4 aliphatic rings. The zero-order valence-corrected chi connectivity index (χ0v) is 22.8. The van der Waals surface area contributed by atoms with Crippen molar-refractivity contribution in [3.63, 3.8) is 0 Å². The molecule has 0 aromatic carbocycles. The third kappa shape index (κ3) is 5.13. The van der Waals surface area contributed by atoms with Crippen LogP contribution in [0.4, 0.5) is 0 Å². The van der Waals surface area contributed by atoms with Crippen LogP contribution in [0, 0.1) is 46.3 Å². The van der Waals surface area contributed by atoms with Gasteiger partial charge in [0.1, 0.15) is 17.7 Å². The number of hydrogen-bond donors (Lipinski definition) is 1. The predicted molar refractivity (Wildman–Crippen MR) is 137 cm³/mol. The molecule has 4 rings (SSSR count). The number of esters is 1. The van der Waals surface area contributed by atoms with E-state index in [0.29, 0.717) is 35.4 Å². The van der Waals surface area contributed by atoms with E-state index in [1.807, 2.05) is 13.8 Å². The normalized spacial score (nSPS) is 41.5. The largest absolute Gasteiger partial charge is 0.462 e. The standard InChI is InChI=1S/C30H49NO4/c1-18(2)16-26(31)27(33)10-11-28(34)35-21-12-14-29(4)20(17-21)6-7-22-24-9-8-23(19(3)32)30(24,5)15-13-25(22)29/h18,20-26H,6-17,31H2,1-5H3/t20-,21+,22-,23+,24-,25-,26-,29-,30+/m0/s1. The van der Waals surface area contributed by atoms with E-state index in [1.165, 1.54) is 32.1 Å². The minimum atomic E-state index is -0.476. The van der Waals surface area contributed by atoms with Crippen molar-refractivity contribution in [1.29, 1.82) is 0 Å². The summed E-state index contributed by atoms with van der Waals surface area (Å²) in [5, 5.41) is 0. The van der Waals surface area contributed by atoms with Crippen LogP contribution < -0.4 is 5.73 Å². The average molecular weight is 488 g/mol. The first-order chi connectivity index (χ1) is 16.5. The van der Waals surface area contributed by atoms with Crippen LogP contribution in [0.1, 0.15) is 112 Å². The Morgan fingerprint density at radius 2 is 1.60 bits per heavy atom. The number of rotatable bonds is 8. The van der Waals surface area contributed by atoms with Gasteiger partial charge in [-0.2, -0.15) is 0 Å². The summed E-state index contributed by atoms with van der Waals surface area (Å²) >= 11 is 0. The van der Waals surface area contributed by atoms with Crippen molar-refractivity contribution in [2.45, 2.75) is 124 Å². The zero-order chi connectivity index (χ0) is 25.5. The van der Waals surface area contributed by atoms with Gasteiger partial charge in [0.25, 0.3) is 0 Å². The second kappa shape index (κ2) is 10.3. The van der Waals surface area contributed by atoms with Crippen LogP contribution in [0.5, 0.6) is 0 Å². The van der Waals surface area contributed by atoms with E-state index in [-0.39, 0.29) is 42.0 Å². The molecule has 0 spiro atoms. The Bertz CT molecular complexity index is 823. The SMILES string of the molecule is CC(=O)[C@H]1CC[C@H]2[C@@H]3CC[C@H]4C[C@H](OC(=O)CCC(=O)[C@@H](N)CC(C)C)CC[C@]4(C)[C@H]3CC[C@]12C. The highest BCUT2D eigenvalue weighted by Crippen LogP contribution is 2.67. The van der Waals surface area contributed by atoms with Crippen LogP contribution in [0.3, 0.4) is 0 Å². The highest BCUT2D eigenvalue weighted by molar-refractivity contribution is 5.86. The summed E-state index contributed by atoms with van der Waals surface area (Å²) in [5.41, 5.74) is 6.50. The lowest BCUT2D eigenvalue weighted by molar-refractivity contribution is -0.163. The van der Waals surface area contributed by atoms with Crippen LogP contribution >= 0.6 is 0 Å². The molecule has 0 saturated heterocycles. The number of carbonyl (C=O) groups excluding carboxylic acids is 3. The van der Waals surface area contributed by atoms with E-state index in [2.05, 4.69) is 13.8 Å². The number of nitrogens with two attached hydrogens (primary N) is 1. The molecule has 0 aliphatic heterocycles. The molecule has 0 aromatic rings. The number of carbonyl (C=O) groups is 3. The first-order valence-corrected chi connectivity index (χ1v) is 14.4. The van der Waals surface area contributed by atoms with E-state index >= 15 is 0 Å². The molecule has 198 valence electrons. The summed E-state index contributed by atoms with van der Waals surface area (Å²) in [4.78, 5) is 37.2. The third-order valence-electron chi connectivity index (χ3n) is 11.1. The van der Waals surface area contributed by atoms with Gasteiger partial charge in [-0.15, -0.1) is 0 Å². The molecule has 4 fully saturated rings. The first kappa shape index (κ1) is 26.8. The molecule has 5 nitrogen and oxygen atoms in total. The maximum Gasteiger partial charge on any atom is 0.306 e. The molecule has 4 saturated carbocycles. The van der Waals surface area contributed by atoms with Crippen molar-refractivity contribution in [3.05, 3.63) is 0 Å². The van der Waals surface area contributed by atoms with Crippen LogP contribution in [0.15, 0.2) is 0 Å². The van der Waals surface area contributed by atoms with Gasteiger partial charge in [-0.3, -0.25) is 14.4 Å². The van der Waals surface area contributed by atoms with Crippen molar-refractivity contribution in [1.82, 2.24) is 0 Å². The number of ether oxygens (including phenoxy) is 1. The number of fused-ring (bicyclic) bond motifs is 5. The van der Waals surface area contributed by atoms with Gasteiger partial charge in [-0.25, -0.2) is 0 Å². The smallest absolute Gasteiger partial charge is 0.306 e. The number of Topliss-reactive ketones (excluding diaryl/α,β-unsaturated/α-hetero) is 2. The molecule has 0 radical (unpaired) electrons. The van der Waals surface area contributed by atoms with Gasteiger partial charge in [0.15, 0.2) is 0 Å². The predicted octanol–water partition coefficient (Wildman–Crippen LogP) is 5.87. The highest BCUT2D eigenvalue weighted by atomic mass is 16.5. The Morgan fingerprint density at radius 3 is 2.29 bits per heavy atom. The fourth-order valence-corrected chi connectivity index (χ4v) is 9.29. The van der Waals surface area contributed by atoms with Gasteiger partial charge in [0.2, 0.25) is 0 Å². The Kier molecular flexibility index (Phi) is 7.87. The van der Waals surface area contributed by atoms with Crippen molar-refractivity contribution in [2.24, 2.45) is 52.1 Å². The summed E-state index contributed by atoms with van der Waals surface area (Å²) in [5.74, 6) is 3.55. The summed E-state index contributed by atoms with van der Waals surface area (Å²) in [6.45, 7) is 10.8. The Hall–Kier alpha value is -1.23. The van der Waals surface area contributed by atoms with Gasteiger partial charge in [0, 0.05) is 12.3 Å². The highest BCUT2D eigenvalue weighted by Gasteiger charge is 2.60. The van der Waals surface area contributed by atoms with Gasteiger partial charge in [-0.05, 0) is 112 Å². The van der Waals surface area contributed by atoms with Crippen molar-refractivity contribution in [3.8, 4) is 0 Å². The maximum atomic E-state index is 12.5.